The van der Waals surface area contributed by atoms with Gasteiger partial charge in [-0.3, -0.25) is 0 Å². The van der Waals surface area contributed by atoms with Crippen LogP contribution in [0, 0.1) is 5.92 Å². The van der Waals surface area contributed by atoms with Crippen molar-refractivity contribution in [1.29, 1.82) is 0 Å². The second kappa shape index (κ2) is 8.16. The molecule has 1 aliphatic heterocycles. The molecule has 1 heterocycles. The van der Waals surface area contributed by atoms with Gasteiger partial charge in [0, 0.05) is 11.0 Å². The molecule has 1 saturated heterocycles. The Morgan fingerprint density at radius 2 is 2.20 bits per heavy atom. The van der Waals surface area contributed by atoms with Gasteiger partial charge in [0.2, 0.25) is 0 Å². The average molecular weight is 340 g/mol. The van der Waals surface area contributed by atoms with Crippen LogP contribution < -0.4 is 0 Å². The van der Waals surface area contributed by atoms with Crippen LogP contribution in [-0.4, -0.2) is 29.6 Å². The number of rotatable bonds is 5. The monoisotopic (exact) mass is 339 g/mol. The Labute approximate surface area is 131 Å². The molecule has 2 atom stereocenters. The molecule has 1 aromatic rings. The maximum atomic E-state index is 10.3. The minimum atomic E-state index is -0.349. The Balaban J connectivity index is 1.79. The van der Waals surface area contributed by atoms with Crippen LogP contribution in [0.4, 0.5) is 0 Å². The first-order valence-electron chi connectivity index (χ1n) is 7.85. The summed E-state index contributed by atoms with van der Waals surface area (Å²) in [5.41, 5.74) is 1.01. The second-order valence-corrected chi connectivity index (χ2v) is 6.82. The Bertz CT molecular complexity index is 410. The molecule has 1 N–H and O–H groups in total. The minimum absolute atomic E-state index is 0.349. The smallest absolute Gasteiger partial charge is 0.0802 e. The van der Waals surface area contributed by atoms with Crippen molar-refractivity contribution < 1.29 is 5.11 Å². The fourth-order valence-corrected chi connectivity index (χ4v) is 3.46. The standard InChI is InChI=1S/C17H26BrNO/c1-2-14-5-4-10-19(11-8-14)12-9-17(20)15-6-3-7-16(18)13-15/h3,6-7,13-14,17,20H,2,4-5,8-12H2,1H3. The molecule has 3 heteroatoms. The molecule has 0 aliphatic carbocycles. The summed E-state index contributed by atoms with van der Waals surface area (Å²) in [6.07, 6.45) is 5.80. The zero-order valence-electron chi connectivity index (χ0n) is 12.4. The lowest BCUT2D eigenvalue weighted by molar-refractivity contribution is 0.142. The number of likely N-dealkylation sites (tertiary alicyclic amines) is 1. The van der Waals surface area contributed by atoms with Crippen molar-refractivity contribution in [3.63, 3.8) is 0 Å². The highest BCUT2D eigenvalue weighted by Crippen LogP contribution is 2.23. The Morgan fingerprint density at radius 3 is 2.95 bits per heavy atom. The van der Waals surface area contributed by atoms with Crippen molar-refractivity contribution in [2.45, 2.75) is 45.1 Å². The molecule has 2 unspecified atom stereocenters. The SMILES string of the molecule is CCC1CCCN(CCC(O)c2cccc(Br)c2)CC1. The van der Waals surface area contributed by atoms with Crippen molar-refractivity contribution in [3.05, 3.63) is 34.3 Å². The van der Waals surface area contributed by atoms with Gasteiger partial charge in [-0.25, -0.2) is 0 Å². The molecule has 112 valence electrons. The molecule has 0 saturated carbocycles. The van der Waals surface area contributed by atoms with Crippen molar-refractivity contribution in [2.75, 3.05) is 19.6 Å². The molecular weight excluding hydrogens is 314 g/mol. The number of hydrogen-bond donors (Lipinski definition) is 1. The number of hydrogen-bond acceptors (Lipinski definition) is 2. The summed E-state index contributed by atoms with van der Waals surface area (Å²) in [5.74, 6) is 0.912. The summed E-state index contributed by atoms with van der Waals surface area (Å²) < 4.78 is 1.04. The summed E-state index contributed by atoms with van der Waals surface area (Å²) in [5, 5.41) is 10.3. The van der Waals surface area contributed by atoms with E-state index >= 15 is 0 Å². The van der Waals surface area contributed by atoms with Crippen molar-refractivity contribution in [2.24, 2.45) is 5.92 Å². The largest absolute Gasteiger partial charge is 0.388 e. The van der Waals surface area contributed by atoms with Gasteiger partial charge in [-0.15, -0.1) is 0 Å². The highest BCUT2D eigenvalue weighted by Gasteiger charge is 2.17. The van der Waals surface area contributed by atoms with Crippen LogP contribution >= 0.6 is 15.9 Å². The third-order valence-corrected chi connectivity index (χ3v) is 4.96. The summed E-state index contributed by atoms with van der Waals surface area (Å²) >= 11 is 3.46. The van der Waals surface area contributed by atoms with E-state index in [1.54, 1.807) is 0 Å². The van der Waals surface area contributed by atoms with E-state index in [1.807, 2.05) is 24.3 Å². The average Bonchev–Trinajstić information content (AvgIpc) is 2.69. The maximum Gasteiger partial charge on any atom is 0.0802 e. The van der Waals surface area contributed by atoms with Crippen molar-refractivity contribution in [1.82, 2.24) is 4.90 Å². The van der Waals surface area contributed by atoms with Crippen LogP contribution in [0.3, 0.4) is 0 Å². The Morgan fingerprint density at radius 1 is 1.35 bits per heavy atom. The van der Waals surface area contributed by atoms with E-state index in [0.29, 0.717) is 0 Å². The van der Waals surface area contributed by atoms with Gasteiger partial charge in [0.15, 0.2) is 0 Å². The number of aliphatic hydroxyl groups excluding tert-OH is 1. The third-order valence-electron chi connectivity index (χ3n) is 4.47. The number of nitrogens with zero attached hydrogens (tertiary/aromatic N) is 1. The Kier molecular flexibility index (Phi) is 6.53. The minimum Gasteiger partial charge on any atom is -0.388 e. The molecule has 2 nitrogen and oxygen atoms in total. The lowest BCUT2D eigenvalue weighted by Gasteiger charge is -2.22. The van der Waals surface area contributed by atoms with Crippen LogP contribution in [0.2, 0.25) is 0 Å². The van der Waals surface area contributed by atoms with Gasteiger partial charge >= 0.3 is 0 Å². The molecule has 1 fully saturated rings. The molecular formula is C17H26BrNO. The zero-order valence-corrected chi connectivity index (χ0v) is 14.0. The summed E-state index contributed by atoms with van der Waals surface area (Å²) in [6.45, 7) is 5.70. The van der Waals surface area contributed by atoms with Gasteiger partial charge in [0.25, 0.3) is 0 Å². The van der Waals surface area contributed by atoms with Crippen LogP contribution in [0.1, 0.15) is 50.7 Å². The van der Waals surface area contributed by atoms with Gasteiger partial charge < -0.3 is 10.0 Å². The molecule has 20 heavy (non-hydrogen) atoms. The van der Waals surface area contributed by atoms with Crippen LogP contribution in [-0.2, 0) is 0 Å². The lowest BCUT2D eigenvalue weighted by Crippen LogP contribution is -2.27. The number of halogens is 1. The van der Waals surface area contributed by atoms with E-state index in [2.05, 4.69) is 27.8 Å². The topological polar surface area (TPSA) is 23.5 Å². The maximum absolute atomic E-state index is 10.3. The zero-order chi connectivity index (χ0) is 14.4. The van der Waals surface area contributed by atoms with Crippen LogP contribution in [0.25, 0.3) is 0 Å². The highest BCUT2D eigenvalue weighted by atomic mass is 79.9. The summed E-state index contributed by atoms with van der Waals surface area (Å²) in [6, 6.07) is 8.00. The second-order valence-electron chi connectivity index (χ2n) is 5.91. The summed E-state index contributed by atoms with van der Waals surface area (Å²) in [4.78, 5) is 2.52. The van der Waals surface area contributed by atoms with Crippen molar-refractivity contribution >= 4 is 15.9 Å². The first kappa shape index (κ1) is 16.0. The van der Waals surface area contributed by atoms with E-state index in [0.717, 1.165) is 28.9 Å². The molecule has 0 bridgehead atoms. The number of benzene rings is 1. The van der Waals surface area contributed by atoms with Gasteiger partial charge in [-0.2, -0.15) is 0 Å². The van der Waals surface area contributed by atoms with Gasteiger partial charge in [0.05, 0.1) is 6.10 Å². The fourth-order valence-electron chi connectivity index (χ4n) is 3.04. The van der Waals surface area contributed by atoms with E-state index in [9.17, 15) is 5.11 Å². The van der Waals surface area contributed by atoms with Gasteiger partial charge in [-0.1, -0.05) is 41.4 Å². The quantitative estimate of drug-likeness (QED) is 0.860. The van der Waals surface area contributed by atoms with Crippen LogP contribution in [0.5, 0.6) is 0 Å². The molecule has 0 radical (unpaired) electrons. The van der Waals surface area contributed by atoms with Crippen molar-refractivity contribution in [3.8, 4) is 0 Å². The normalized spacial score (nSPS) is 22.4. The predicted molar refractivity (Wildman–Crippen MR) is 87.8 cm³/mol. The number of aliphatic hydroxyl groups is 1. The van der Waals surface area contributed by atoms with Gasteiger partial charge in [0.1, 0.15) is 0 Å². The van der Waals surface area contributed by atoms with Gasteiger partial charge in [-0.05, 0) is 62.4 Å². The first-order chi connectivity index (χ1) is 9.69. The van der Waals surface area contributed by atoms with Crippen LogP contribution in [0.15, 0.2) is 28.7 Å². The Hall–Kier alpha value is -0.380. The molecule has 0 aromatic heterocycles. The van der Waals surface area contributed by atoms with E-state index in [-0.39, 0.29) is 6.10 Å². The third kappa shape index (κ3) is 4.87. The molecule has 1 aromatic carbocycles. The molecule has 0 spiro atoms. The van der Waals surface area contributed by atoms with E-state index < -0.39 is 0 Å². The molecule has 0 amide bonds. The summed E-state index contributed by atoms with van der Waals surface area (Å²) in [7, 11) is 0. The first-order valence-corrected chi connectivity index (χ1v) is 8.64. The fraction of sp³-hybridized carbons (Fsp3) is 0.647. The molecule has 2 rings (SSSR count). The predicted octanol–water partition coefficient (Wildman–Crippen LogP) is 4.38. The van der Waals surface area contributed by atoms with E-state index in [1.165, 1.54) is 38.8 Å². The van der Waals surface area contributed by atoms with E-state index in [4.69, 9.17) is 0 Å². The highest BCUT2D eigenvalue weighted by molar-refractivity contribution is 9.10. The lowest BCUT2D eigenvalue weighted by atomic mass is 9.98. The molecule has 1 aliphatic rings.